The maximum Gasteiger partial charge on any atom is 0.115 e. The standard InChI is InChI=1S/C18H14N2O/c1-11-18-15-5-3-2-4-14(15)16(10-17(18)20-19-11)12-6-8-13(21)9-7-12/h2-10,21H,1H3,(H,19,20). The maximum atomic E-state index is 9.48. The van der Waals surface area contributed by atoms with Gasteiger partial charge in [-0.1, -0.05) is 36.4 Å². The molecule has 0 atom stereocenters. The van der Waals surface area contributed by atoms with Gasteiger partial charge in [0.2, 0.25) is 0 Å². The summed E-state index contributed by atoms with van der Waals surface area (Å²) < 4.78 is 0. The minimum absolute atomic E-state index is 0.279. The van der Waals surface area contributed by atoms with Gasteiger partial charge in [0.1, 0.15) is 5.75 Å². The van der Waals surface area contributed by atoms with Crippen LogP contribution in [0.2, 0.25) is 0 Å². The summed E-state index contributed by atoms with van der Waals surface area (Å²) in [5.74, 6) is 0.279. The van der Waals surface area contributed by atoms with Crippen molar-refractivity contribution in [1.29, 1.82) is 0 Å². The molecule has 0 fully saturated rings. The number of fused-ring (bicyclic) bond motifs is 3. The third-order valence-corrected chi connectivity index (χ3v) is 3.93. The quantitative estimate of drug-likeness (QED) is 0.540. The van der Waals surface area contributed by atoms with Gasteiger partial charge in [-0.25, -0.2) is 0 Å². The summed E-state index contributed by atoms with van der Waals surface area (Å²) in [6.45, 7) is 2.02. The Kier molecular flexibility index (Phi) is 2.48. The van der Waals surface area contributed by atoms with E-state index in [1.807, 2.05) is 25.1 Å². The van der Waals surface area contributed by atoms with E-state index in [9.17, 15) is 5.11 Å². The van der Waals surface area contributed by atoms with Crippen LogP contribution in [0.3, 0.4) is 0 Å². The van der Waals surface area contributed by atoms with E-state index < -0.39 is 0 Å². The molecule has 1 heterocycles. The molecule has 0 saturated heterocycles. The number of hydrogen-bond donors (Lipinski definition) is 2. The van der Waals surface area contributed by atoms with Gasteiger partial charge < -0.3 is 5.11 Å². The maximum absolute atomic E-state index is 9.48. The Morgan fingerprint density at radius 3 is 2.43 bits per heavy atom. The van der Waals surface area contributed by atoms with Crippen molar-refractivity contribution in [2.24, 2.45) is 0 Å². The highest BCUT2D eigenvalue weighted by Gasteiger charge is 2.11. The van der Waals surface area contributed by atoms with Gasteiger partial charge in [-0.2, -0.15) is 5.10 Å². The highest BCUT2D eigenvalue weighted by Crippen LogP contribution is 2.35. The molecule has 0 amide bonds. The van der Waals surface area contributed by atoms with E-state index in [1.54, 1.807) is 12.1 Å². The molecule has 0 aliphatic heterocycles. The van der Waals surface area contributed by atoms with Gasteiger partial charge in [-0.05, 0) is 47.0 Å². The minimum atomic E-state index is 0.279. The number of nitrogens with one attached hydrogen (secondary N) is 1. The summed E-state index contributed by atoms with van der Waals surface area (Å²) in [5, 5.41) is 20.5. The molecule has 1 aromatic heterocycles. The van der Waals surface area contributed by atoms with Crippen LogP contribution >= 0.6 is 0 Å². The molecule has 0 aliphatic rings. The lowest BCUT2D eigenvalue weighted by atomic mass is 9.95. The van der Waals surface area contributed by atoms with Crippen LogP contribution in [0.4, 0.5) is 0 Å². The summed E-state index contributed by atoms with van der Waals surface area (Å²) in [5.41, 5.74) is 4.27. The summed E-state index contributed by atoms with van der Waals surface area (Å²) >= 11 is 0. The zero-order valence-electron chi connectivity index (χ0n) is 11.6. The molecule has 4 rings (SSSR count). The largest absolute Gasteiger partial charge is 0.508 e. The first-order valence-electron chi connectivity index (χ1n) is 6.90. The monoisotopic (exact) mass is 274 g/mol. The van der Waals surface area contributed by atoms with Crippen LogP contribution < -0.4 is 0 Å². The Labute approximate surface area is 121 Å². The van der Waals surface area contributed by atoms with Crippen molar-refractivity contribution >= 4 is 21.7 Å². The van der Waals surface area contributed by atoms with Crippen LogP contribution in [0, 0.1) is 6.92 Å². The van der Waals surface area contributed by atoms with Crippen molar-refractivity contribution in [3.8, 4) is 16.9 Å². The smallest absolute Gasteiger partial charge is 0.115 e. The van der Waals surface area contributed by atoms with Crippen LogP contribution in [-0.2, 0) is 0 Å². The van der Waals surface area contributed by atoms with Crippen molar-refractivity contribution in [2.45, 2.75) is 6.92 Å². The van der Waals surface area contributed by atoms with E-state index in [2.05, 4.69) is 34.5 Å². The molecule has 3 aromatic carbocycles. The second-order valence-electron chi connectivity index (χ2n) is 5.25. The van der Waals surface area contributed by atoms with Gasteiger partial charge in [-0.15, -0.1) is 0 Å². The third kappa shape index (κ3) is 1.78. The number of aromatic hydroxyl groups is 1. The van der Waals surface area contributed by atoms with Crippen molar-refractivity contribution in [1.82, 2.24) is 10.2 Å². The van der Waals surface area contributed by atoms with Gasteiger partial charge in [-0.3, -0.25) is 5.10 Å². The van der Waals surface area contributed by atoms with Crippen LogP contribution in [0.5, 0.6) is 5.75 Å². The molecule has 0 saturated carbocycles. The van der Waals surface area contributed by atoms with Gasteiger partial charge in [0, 0.05) is 5.39 Å². The van der Waals surface area contributed by atoms with Crippen LogP contribution in [0.1, 0.15) is 5.69 Å². The predicted molar refractivity (Wildman–Crippen MR) is 85.4 cm³/mol. The van der Waals surface area contributed by atoms with Crippen LogP contribution in [0.25, 0.3) is 32.8 Å². The number of aromatic nitrogens is 2. The lowest BCUT2D eigenvalue weighted by Gasteiger charge is -2.09. The molecule has 0 unspecified atom stereocenters. The Morgan fingerprint density at radius 2 is 1.67 bits per heavy atom. The molecule has 4 aromatic rings. The number of H-pyrrole nitrogens is 1. The van der Waals surface area contributed by atoms with Crippen molar-refractivity contribution < 1.29 is 5.11 Å². The summed E-state index contributed by atoms with van der Waals surface area (Å²) in [4.78, 5) is 0. The zero-order chi connectivity index (χ0) is 14.4. The molecule has 21 heavy (non-hydrogen) atoms. The minimum Gasteiger partial charge on any atom is -0.508 e. The van der Waals surface area contributed by atoms with E-state index in [0.29, 0.717) is 0 Å². The van der Waals surface area contributed by atoms with Crippen molar-refractivity contribution in [3.05, 3.63) is 60.3 Å². The van der Waals surface area contributed by atoms with E-state index in [-0.39, 0.29) is 5.75 Å². The molecule has 0 bridgehead atoms. The summed E-state index contributed by atoms with van der Waals surface area (Å²) in [6, 6.07) is 17.8. The molecule has 0 spiro atoms. The number of rotatable bonds is 1. The highest BCUT2D eigenvalue weighted by molar-refractivity contribution is 6.13. The topological polar surface area (TPSA) is 48.9 Å². The number of hydrogen-bond acceptors (Lipinski definition) is 2. The number of benzene rings is 3. The third-order valence-electron chi connectivity index (χ3n) is 3.93. The van der Waals surface area contributed by atoms with E-state index in [1.165, 1.54) is 16.2 Å². The van der Waals surface area contributed by atoms with E-state index in [0.717, 1.165) is 22.3 Å². The zero-order valence-corrected chi connectivity index (χ0v) is 11.6. The predicted octanol–water partition coefficient (Wildman–Crippen LogP) is 4.40. The number of aryl methyl sites for hydroxylation is 1. The lowest BCUT2D eigenvalue weighted by Crippen LogP contribution is -1.84. The fourth-order valence-electron chi connectivity index (χ4n) is 2.93. The van der Waals surface area contributed by atoms with Gasteiger partial charge >= 0.3 is 0 Å². The molecule has 102 valence electrons. The number of nitrogens with zero attached hydrogens (tertiary/aromatic N) is 1. The SMILES string of the molecule is Cc1n[nH]c2cc(-c3ccc(O)cc3)c3ccccc3c12. The molecule has 0 radical (unpaired) electrons. The first kappa shape index (κ1) is 12.0. The molecular formula is C18H14N2O. The number of aromatic amines is 1. The summed E-state index contributed by atoms with van der Waals surface area (Å²) in [7, 11) is 0. The fourth-order valence-corrected chi connectivity index (χ4v) is 2.93. The molecule has 0 aliphatic carbocycles. The van der Waals surface area contributed by atoms with Crippen LogP contribution in [0.15, 0.2) is 54.6 Å². The Balaban J connectivity index is 2.14. The van der Waals surface area contributed by atoms with Crippen molar-refractivity contribution in [2.75, 3.05) is 0 Å². The van der Waals surface area contributed by atoms with Crippen LogP contribution in [-0.4, -0.2) is 15.3 Å². The molecular weight excluding hydrogens is 260 g/mol. The molecule has 3 heteroatoms. The number of phenolic OH excluding ortho intramolecular Hbond substituents is 1. The Morgan fingerprint density at radius 1 is 0.952 bits per heavy atom. The van der Waals surface area contributed by atoms with E-state index >= 15 is 0 Å². The average molecular weight is 274 g/mol. The number of phenols is 1. The highest BCUT2D eigenvalue weighted by atomic mass is 16.3. The first-order valence-corrected chi connectivity index (χ1v) is 6.90. The van der Waals surface area contributed by atoms with Gasteiger partial charge in [0.25, 0.3) is 0 Å². The average Bonchev–Trinajstić information content (AvgIpc) is 2.89. The Hall–Kier alpha value is -2.81. The summed E-state index contributed by atoms with van der Waals surface area (Å²) in [6.07, 6.45) is 0. The second kappa shape index (κ2) is 4.35. The van der Waals surface area contributed by atoms with E-state index in [4.69, 9.17) is 0 Å². The fraction of sp³-hybridized carbons (Fsp3) is 0.0556. The molecule has 2 N–H and O–H groups in total. The lowest BCUT2D eigenvalue weighted by molar-refractivity contribution is 0.475. The first-order chi connectivity index (χ1) is 10.2. The Bertz CT molecular complexity index is 952. The van der Waals surface area contributed by atoms with Crippen molar-refractivity contribution in [3.63, 3.8) is 0 Å². The second-order valence-corrected chi connectivity index (χ2v) is 5.25. The van der Waals surface area contributed by atoms with Gasteiger partial charge in [0.05, 0.1) is 11.2 Å². The molecule has 3 nitrogen and oxygen atoms in total. The normalized spacial score (nSPS) is 11.3. The van der Waals surface area contributed by atoms with Gasteiger partial charge in [0.15, 0.2) is 0 Å².